The van der Waals surface area contributed by atoms with Crippen LogP contribution in [0, 0.1) is 0 Å². The van der Waals surface area contributed by atoms with Crippen molar-refractivity contribution in [3.05, 3.63) is 50.1 Å². The maximum atomic E-state index is 12.4. The average Bonchev–Trinajstić information content (AvgIpc) is 3.04. The molecule has 0 spiro atoms. The minimum absolute atomic E-state index is 0.0409. The molecule has 30 heavy (non-hydrogen) atoms. The van der Waals surface area contributed by atoms with E-state index >= 15 is 0 Å². The number of imidazole rings is 1. The molecule has 0 saturated heterocycles. The van der Waals surface area contributed by atoms with Gasteiger partial charge in [-0.3, -0.25) is 19.1 Å². The first-order valence-corrected chi connectivity index (χ1v) is 10.2. The van der Waals surface area contributed by atoms with Gasteiger partial charge in [0.1, 0.15) is 18.5 Å². The van der Waals surface area contributed by atoms with Gasteiger partial charge in [0.25, 0.3) is 5.56 Å². The second-order valence-corrected chi connectivity index (χ2v) is 7.90. The van der Waals surface area contributed by atoms with Crippen molar-refractivity contribution in [1.29, 1.82) is 0 Å². The van der Waals surface area contributed by atoms with Gasteiger partial charge in [-0.2, -0.15) is 0 Å². The molecule has 0 bridgehead atoms. The van der Waals surface area contributed by atoms with E-state index in [0.717, 1.165) is 11.8 Å². The number of aromatic amines is 1. The number of fused-ring (bicyclic) bond motifs is 1. The molecular formula is C18H19ClN4O6S. The highest BCUT2D eigenvalue weighted by atomic mass is 35.5. The third kappa shape index (κ3) is 5.04. The number of H-pyrrole nitrogens is 1. The minimum atomic E-state index is -1.01. The Morgan fingerprint density at radius 1 is 1.33 bits per heavy atom. The number of ether oxygens (including phenoxy) is 1. The molecule has 10 nitrogen and oxygen atoms in total. The zero-order chi connectivity index (χ0) is 21.8. The summed E-state index contributed by atoms with van der Waals surface area (Å²) >= 11 is 6.95. The lowest BCUT2D eigenvalue weighted by Crippen LogP contribution is -2.30. The molecule has 1 atom stereocenters. The molecule has 0 saturated carbocycles. The summed E-state index contributed by atoms with van der Waals surface area (Å²) in [6.07, 6.45) is -1.11. The van der Waals surface area contributed by atoms with Gasteiger partial charge in [-0.1, -0.05) is 23.4 Å². The van der Waals surface area contributed by atoms with Crippen LogP contribution in [0.4, 0.5) is 0 Å². The minimum Gasteiger partial charge on any atom is -0.491 e. The van der Waals surface area contributed by atoms with Crippen molar-refractivity contribution in [2.45, 2.75) is 24.2 Å². The van der Waals surface area contributed by atoms with Crippen LogP contribution in [-0.4, -0.2) is 53.7 Å². The van der Waals surface area contributed by atoms with Gasteiger partial charge < -0.3 is 19.5 Å². The van der Waals surface area contributed by atoms with Crippen molar-refractivity contribution < 1.29 is 19.7 Å². The first-order valence-electron chi connectivity index (χ1n) is 8.87. The van der Waals surface area contributed by atoms with Gasteiger partial charge in [-0.25, -0.2) is 9.78 Å². The number of aliphatic hydroxyl groups is 1. The van der Waals surface area contributed by atoms with Crippen molar-refractivity contribution in [2.75, 3.05) is 12.4 Å². The van der Waals surface area contributed by atoms with Gasteiger partial charge in [0.05, 0.1) is 13.0 Å². The molecule has 160 valence electrons. The Labute approximate surface area is 179 Å². The SMILES string of the molecule is Cn1c(=O)[nH]c(=O)c2c1nc(SCCC(=O)O)n2CC(O)COc1ccc(Cl)cc1. The van der Waals surface area contributed by atoms with Gasteiger partial charge in [-0.15, -0.1) is 0 Å². The first kappa shape index (κ1) is 21.9. The standard InChI is InChI=1S/C18H19ClN4O6S/c1-22-15-14(16(27)21-17(22)28)23(18(20-15)30-7-6-13(25)26)8-11(24)9-29-12-4-2-10(19)3-5-12/h2-5,11,24H,6-9H2,1H3,(H,25,26)(H,21,27,28). The Morgan fingerprint density at radius 3 is 2.70 bits per heavy atom. The van der Waals surface area contributed by atoms with E-state index < -0.39 is 23.3 Å². The number of thioether (sulfide) groups is 1. The Morgan fingerprint density at radius 2 is 2.03 bits per heavy atom. The maximum absolute atomic E-state index is 12.4. The Bertz CT molecular complexity index is 1170. The van der Waals surface area contributed by atoms with Crippen molar-refractivity contribution >= 4 is 40.5 Å². The number of carboxylic acid groups (broad SMARTS) is 1. The molecule has 3 aromatic rings. The number of rotatable bonds is 9. The van der Waals surface area contributed by atoms with Gasteiger partial charge >= 0.3 is 11.7 Å². The molecule has 3 rings (SSSR count). The summed E-state index contributed by atoms with van der Waals surface area (Å²) in [6, 6.07) is 6.64. The molecule has 0 aliphatic rings. The number of hydrogen-bond acceptors (Lipinski definition) is 7. The normalized spacial score (nSPS) is 12.2. The molecule has 0 aliphatic heterocycles. The summed E-state index contributed by atoms with van der Waals surface area (Å²) in [5, 5.41) is 20.2. The second-order valence-electron chi connectivity index (χ2n) is 6.41. The average molecular weight is 455 g/mol. The van der Waals surface area contributed by atoms with Crippen LogP contribution in [0.3, 0.4) is 0 Å². The lowest BCUT2D eigenvalue weighted by Gasteiger charge is -2.15. The summed E-state index contributed by atoms with van der Waals surface area (Å²) in [6.45, 7) is -0.106. The largest absolute Gasteiger partial charge is 0.491 e. The lowest BCUT2D eigenvalue weighted by atomic mass is 10.3. The van der Waals surface area contributed by atoms with Crippen LogP contribution >= 0.6 is 23.4 Å². The van der Waals surface area contributed by atoms with E-state index in [0.29, 0.717) is 15.9 Å². The van der Waals surface area contributed by atoms with Crippen molar-refractivity contribution in [3.63, 3.8) is 0 Å². The Kier molecular flexibility index (Phi) is 6.85. The molecule has 2 aromatic heterocycles. The van der Waals surface area contributed by atoms with E-state index in [1.165, 1.54) is 16.2 Å². The first-order chi connectivity index (χ1) is 14.3. The number of carboxylic acids is 1. The van der Waals surface area contributed by atoms with Gasteiger partial charge in [0.2, 0.25) is 0 Å². The fraction of sp³-hybridized carbons (Fsp3) is 0.333. The van der Waals surface area contributed by atoms with E-state index in [1.807, 2.05) is 0 Å². The molecule has 0 radical (unpaired) electrons. The highest BCUT2D eigenvalue weighted by Crippen LogP contribution is 2.23. The predicted molar refractivity (Wildman–Crippen MR) is 112 cm³/mol. The molecule has 12 heteroatoms. The summed E-state index contributed by atoms with van der Waals surface area (Å²) in [4.78, 5) is 41.6. The molecule has 3 N–H and O–H groups in total. The van der Waals surface area contributed by atoms with Crippen molar-refractivity contribution in [2.24, 2.45) is 7.05 Å². The quantitative estimate of drug-likeness (QED) is 0.408. The summed E-state index contributed by atoms with van der Waals surface area (Å²) in [5.74, 6) is -0.237. The molecular weight excluding hydrogens is 436 g/mol. The third-order valence-electron chi connectivity index (χ3n) is 4.17. The van der Waals surface area contributed by atoms with Crippen LogP contribution in [0.25, 0.3) is 11.2 Å². The predicted octanol–water partition coefficient (Wildman–Crippen LogP) is 1.08. The zero-order valence-corrected chi connectivity index (χ0v) is 17.4. The zero-order valence-electron chi connectivity index (χ0n) is 15.9. The van der Waals surface area contributed by atoms with Gasteiger partial charge in [0.15, 0.2) is 16.3 Å². The summed E-state index contributed by atoms with van der Waals surface area (Å²) in [5.41, 5.74) is -1.00. The van der Waals surface area contributed by atoms with Gasteiger partial charge in [0, 0.05) is 17.8 Å². The monoisotopic (exact) mass is 454 g/mol. The summed E-state index contributed by atoms with van der Waals surface area (Å²) in [7, 11) is 1.46. The number of halogens is 1. The molecule has 0 aliphatic carbocycles. The Hall–Kier alpha value is -2.76. The van der Waals surface area contributed by atoms with Crippen LogP contribution in [-0.2, 0) is 18.4 Å². The summed E-state index contributed by atoms with van der Waals surface area (Å²) < 4.78 is 8.19. The third-order valence-corrected chi connectivity index (χ3v) is 5.40. The van der Waals surface area contributed by atoms with Gasteiger partial charge in [-0.05, 0) is 24.3 Å². The van der Waals surface area contributed by atoms with Crippen LogP contribution < -0.4 is 16.0 Å². The van der Waals surface area contributed by atoms with E-state index in [-0.39, 0.29) is 36.5 Å². The van der Waals surface area contributed by atoms with Crippen LogP contribution in [0.2, 0.25) is 5.02 Å². The maximum Gasteiger partial charge on any atom is 0.329 e. The number of nitrogens with zero attached hydrogens (tertiary/aromatic N) is 3. The Balaban J connectivity index is 1.86. The fourth-order valence-corrected chi connectivity index (χ4v) is 3.77. The van der Waals surface area contributed by atoms with E-state index in [9.17, 15) is 19.5 Å². The number of nitrogens with one attached hydrogen (secondary N) is 1. The fourth-order valence-electron chi connectivity index (χ4n) is 2.71. The number of aromatic nitrogens is 4. The van der Waals surface area contributed by atoms with E-state index in [4.69, 9.17) is 21.4 Å². The molecule has 0 fully saturated rings. The molecule has 0 amide bonds. The van der Waals surface area contributed by atoms with Crippen LogP contribution in [0.1, 0.15) is 6.42 Å². The number of benzene rings is 1. The molecule has 2 heterocycles. The molecule has 1 unspecified atom stereocenters. The van der Waals surface area contributed by atoms with E-state index in [2.05, 4.69) is 9.97 Å². The van der Waals surface area contributed by atoms with Crippen LogP contribution in [0.15, 0.2) is 39.0 Å². The number of aryl methyl sites for hydroxylation is 1. The highest BCUT2D eigenvalue weighted by Gasteiger charge is 2.20. The smallest absolute Gasteiger partial charge is 0.329 e. The van der Waals surface area contributed by atoms with E-state index in [1.54, 1.807) is 24.3 Å². The van der Waals surface area contributed by atoms with Crippen molar-refractivity contribution in [1.82, 2.24) is 19.1 Å². The topological polar surface area (TPSA) is 139 Å². The lowest BCUT2D eigenvalue weighted by molar-refractivity contribution is -0.136. The number of hydrogen-bond donors (Lipinski definition) is 3. The molecule has 1 aromatic carbocycles. The van der Waals surface area contributed by atoms with Crippen molar-refractivity contribution in [3.8, 4) is 5.75 Å². The number of carbonyl (C=O) groups is 1. The number of aliphatic hydroxyl groups excluding tert-OH is 1. The number of aliphatic carboxylic acids is 1. The second kappa shape index (κ2) is 9.37. The van der Waals surface area contributed by atoms with Crippen LogP contribution in [0.5, 0.6) is 5.75 Å². The highest BCUT2D eigenvalue weighted by molar-refractivity contribution is 7.99.